The number of hydrogen-bond donors (Lipinski definition) is 0. The molecule has 1 aromatic heterocycles. The summed E-state index contributed by atoms with van der Waals surface area (Å²) in [7, 11) is 3.09. The van der Waals surface area contributed by atoms with Crippen LogP contribution in [0.3, 0.4) is 0 Å². The predicted octanol–water partition coefficient (Wildman–Crippen LogP) is 1.77. The van der Waals surface area contributed by atoms with Crippen LogP contribution in [0.2, 0.25) is 0 Å². The van der Waals surface area contributed by atoms with Gasteiger partial charge < -0.3 is 4.74 Å². The molecule has 1 aliphatic heterocycles. The second-order valence-corrected chi connectivity index (χ2v) is 8.20. The van der Waals surface area contributed by atoms with Crippen LogP contribution in [0.5, 0.6) is 5.75 Å². The highest BCUT2D eigenvalue weighted by Gasteiger charge is 2.35. The van der Waals surface area contributed by atoms with Crippen molar-refractivity contribution in [2.24, 2.45) is 5.92 Å². The highest BCUT2D eigenvalue weighted by atomic mass is 79.9. The molecule has 0 saturated carbocycles. The van der Waals surface area contributed by atoms with Gasteiger partial charge in [-0.05, 0) is 22.0 Å². The molecule has 20 heavy (non-hydrogen) atoms. The molecule has 2 heterocycles. The summed E-state index contributed by atoms with van der Waals surface area (Å²) in [6.07, 6.45) is 1.68. The highest BCUT2D eigenvalue weighted by Crippen LogP contribution is 2.33. The first-order valence-electron chi connectivity index (χ1n) is 5.72. The number of carbonyl (C=O) groups excluding carboxylic acids is 1. The van der Waals surface area contributed by atoms with Crippen molar-refractivity contribution in [1.29, 1.82) is 0 Å². The van der Waals surface area contributed by atoms with Gasteiger partial charge in [0.15, 0.2) is 11.6 Å². The van der Waals surface area contributed by atoms with Crippen LogP contribution in [0.25, 0.3) is 0 Å². The molecule has 0 N–H and O–H groups in total. The summed E-state index contributed by atoms with van der Waals surface area (Å²) < 4.78 is 28.1. The van der Waals surface area contributed by atoms with Crippen molar-refractivity contribution in [3.05, 3.63) is 16.7 Å². The van der Waals surface area contributed by atoms with Crippen molar-refractivity contribution in [2.75, 3.05) is 24.3 Å². The van der Waals surface area contributed by atoms with Crippen LogP contribution >= 0.6 is 26.6 Å². The number of halogens is 2. The van der Waals surface area contributed by atoms with Gasteiger partial charge in [0.2, 0.25) is 15.0 Å². The number of methoxy groups -OCH3 is 1. The predicted molar refractivity (Wildman–Crippen MR) is 78.6 cm³/mol. The van der Waals surface area contributed by atoms with Crippen molar-refractivity contribution in [2.45, 2.75) is 6.42 Å². The molecule has 110 valence electrons. The van der Waals surface area contributed by atoms with E-state index in [1.807, 2.05) is 0 Å². The number of amides is 1. The topological polar surface area (TPSA) is 76.6 Å². The maximum absolute atomic E-state index is 12.0. The van der Waals surface area contributed by atoms with Gasteiger partial charge in [0.05, 0.1) is 12.9 Å². The molecule has 0 aromatic carbocycles. The Morgan fingerprint density at radius 3 is 2.90 bits per heavy atom. The number of pyridine rings is 1. The van der Waals surface area contributed by atoms with Crippen molar-refractivity contribution in [1.82, 2.24) is 4.98 Å². The van der Waals surface area contributed by atoms with E-state index in [2.05, 4.69) is 20.9 Å². The van der Waals surface area contributed by atoms with Crippen LogP contribution in [0.1, 0.15) is 6.42 Å². The minimum Gasteiger partial charge on any atom is -0.493 e. The van der Waals surface area contributed by atoms with Gasteiger partial charge >= 0.3 is 0 Å². The quantitative estimate of drug-likeness (QED) is 0.741. The normalized spacial score (nSPS) is 19.4. The van der Waals surface area contributed by atoms with Crippen molar-refractivity contribution < 1.29 is 17.9 Å². The Hall–Kier alpha value is -0.860. The average molecular weight is 384 g/mol. The second kappa shape index (κ2) is 5.87. The van der Waals surface area contributed by atoms with Gasteiger partial charge in [0.25, 0.3) is 0 Å². The zero-order valence-corrected chi connectivity index (χ0v) is 13.7. The Balaban J connectivity index is 2.24. The molecule has 0 spiro atoms. The standard InChI is InChI=1S/C11H12BrClN2O4S/c1-19-9-3-8(12)4-14-11(9)15-5-7(2-10(15)16)6-20(13,17)18/h3-4,7H,2,5-6H2,1H3. The maximum atomic E-state index is 12.0. The maximum Gasteiger partial charge on any atom is 0.232 e. The number of carbonyl (C=O) groups is 1. The Morgan fingerprint density at radius 2 is 2.30 bits per heavy atom. The zero-order valence-electron chi connectivity index (χ0n) is 10.5. The van der Waals surface area contributed by atoms with E-state index in [9.17, 15) is 13.2 Å². The van der Waals surface area contributed by atoms with Crippen LogP contribution in [-0.2, 0) is 13.8 Å². The summed E-state index contributed by atoms with van der Waals surface area (Å²) in [5, 5.41) is 0. The molecule has 6 nitrogen and oxygen atoms in total. The zero-order chi connectivity index (χ0) is 14.9. The molecule has 2 rings (SSSR count). The molecule has 1 aromatic rings. The van der Waals surface area contributed by atoms with Gasteiger partial charge in [-0.2, -0.15) is 0 Å². The van der Waals surface area contributed by atoms with Crippen molar-refractivity contribution in [3.8, 4) is 5.75 Å². The lowest BCUT2D eigenvalue weighted by Gasteiger charge is -2.18. The van der Waals surface area contributed by atoms with E-state index in [0.717, 1.165) is 4.47 Å². The summed E-state index contributed by atoms with van der Waals surface area (Å²) in [4.78, 5) is 17.6. The largest absolute Gasteiger partial charge is 0.493 e. The molecule has 1 unspecified atom stereocenters. The smallest absolute Gasteiger partial charge is 0.232 e. The van der Waals surface area contributed by atoms with Crippen LogP contribution in [0, 0.1) is 5.92 Å². The summed E-state index contributed by atoms with van der Waals surface area (Å²) in [6.45, 7) is 0.260. The van der Waals surface area contributed by atoms with E-state index >= 15 is 0 Å². The average Bonchev–Trinajstić information content (AvgIpc) is 2.67. The Labute approximate surface area is 129 Å². The van der Waals surface area contributed by atoms with Gasteiger partial charge in [0.1, 0.15) is 0 Å². The van der Waals surface area contributed by atoms with E-state index in [1.165, 1.54) is 12.0 Å². The minimum absolute atomic E-state index is 0.132. The van der Waals surface area contributed by atoms with Crippen molar-refractivity contribution >= 4 is 47.4 Å². The van der Waals surface area contributed by atoms with Crippen LogP contribution in [0.4, 0.5) is 5.82 Å². The third-order valence-corrected chi connectivity index (χ3v) is 4.60. The molecule has 0 radical (unpaired) electrons. The molecule has 1 aliphatic rings. The van der Waals surface area contributed by atoms with Crippen LogP contribution in [-0.4, -0.2) is 38.7 Å². The fourth-order valence-corrected chi connectivity index (χ4v) is 3.78. The second-order valence-electron chi connectivity index (χ2n) is 4.46. The first-order valence-corrected chi connectivity index (χ1v) is 8.99. The number of hydrogen-bond acceptors (Lipinski definition) is 5. The third kappa shape index (κ3) is 3.62. The molecule has 1 atom stereocenters. The number of rotatable bonds is 4. The lowest BCUT2D eigenvalue weighted by molar-refractivity contribution is -0.117. The van der Waals surface area contributed by atoms with Gasteiger partial charge in [-0.1, -0.05) is 0 Å². The SMILES string of the molecule is COc1cc(Br)cnc1N1CC(CS(=O)(=O)Cl)CC1=O. The van der Waals surface area contributed by atoms with E-state index in [-0.39, 0.29) is 30.5 Å². The number of nitrogens with zero attached hydrogens (tertiary/aromatic N) is 2. The fourth-order valence-electron chi connectivity index (χ4n) is 2.15. The summed E-state index contributed by atoms with van der Waals surface area (Å²) in [5.41, 5.74) is 0. The summed E-state index contributed by atoms with van der Waals surface area (Å²) >= 11 is 3.27. The molecule has 1 amide bonds. The fraction of sp³-hybridized carbons (Fsp3) is 0.455. The molecule has 1 saturated heterocycles. The summed E-state index contributed by atoms with van der Waals surface area (Å²) in [5.74, 6) is 0.0798. The Kier molecular flexibility index (Phi) is 4.55. The molecule has 0 bridgehead atoms. The van der Waals surface area contributed by atoms with Crippen LogP contribution < -0.4 is 9.64 Å². The molecule has 1 fully saturated rings. The van der Waals surface area contributed by atoms with Crippen LogP contribution in [0.15, 0.2) is 16.7 Å². The van der Waals surface area contributed by atoms with Gasteiger partial charge in [-0.15, -0.1) is 0 Å². The number of ether oxygens (including phenoxy) is 1. The van der Waals surface area contributed by atoms with Crippen molar-refractivity contribution in [3.63, 3.8) is 0 Å². The van der Waals surface area contributed by atoms with E-state index in [1.54, 1.807) is 12.3 Å². The van der Waals surface area contributed by atoms with E-state index in [4.69, 9.17) is 15.4 Å². The Morgan fingerprint density at radius 1 is 1.60 bits per heavy atom. The number of aromatic nitrogens is 1. The molecular weight excluding hydrogens is 372 g/mol. The lowest BCUT2D eigenvalue weighted by Crippen LogP contribution is -2.26. The third-order valence-electron chi connectivity index (χ3n) is 2.92. The van der Waals surface area contributed by atoms with Gasteiger partial charge in [-0.25, -0.2) is 13.4 Å². The van der Waals surface area contributed by atoms with E-state index in [0.29, 0.717) is 11.6 Å². The first-order chi connectivity index (χ1) is 9.30. The van der Waals surface area contributed by atoms with Gasteiger partial charge in [0, 0.05) is 40.2 Å². The first kappa shape index (κ1) is 15.5. The van der Waals surface area contributed by atoms with Gasteiger partial charge in [-0.3, -0.25) is 9.69 Å². The van der Waals surface area contributed by atoms with E-state index < -0.39 is 9.05 Å². The molecule has 0 aliphatic carbocycles. The Bertz CT molecular complexity index is 637. The minimum atomic E-state index is -3.62. The highest BCUT2D eigenvalue weighted by molar-refractivity contribution is 9.10. The molecule has 9 heteroatoms. The number of anilines is 1. The lowest BCUT2D eigenvalue weighted by atomic mass is 10.1. The monoisotopic (exact) mass is 382 g/mol. The summed E-state index contributed by atoms with van der Waals surface area (Å²) in [6, 6.07) is 1.70. The molecular formula is C11H12BrClN2O4S.